The molecule has 0 N–H and O–H groups in total. The number of ether oxygens (including phenoxy) is 1. The van der Waals surface area contributed by atoms with Crippen LogP contribution in [0.2, 0.25) is 15.1 Å². The SMILES string of the molecule is FC(F)Oc1cc(-c2cc(Cl)c(Cl)c(Cl)c2)ccc1C(F)(F)F. The van der Waals surface area contributed by atoms with E-state index in [1.807, 2.05) is 0 Å². The number of hydrogen-bond acceptors (Lipinski definition) is 1. The van der Waals surface area contributed by atoms with E-state index >= 15 is 0 Å². The number of rotatable bonds is 3. The lowest BCUT2D eigenvalue weighted by Gasteiger charge is -2.15. The van der Waals surface area contributed by atoms with Gasteiger partial charge in [-0.05, 0) is 35.4 Å². The van der Waals surface area contributed by atoms with E-state index < -0.39 is 24.1 Å². The molecule has 0 radical (unpaired) electrons. The molecular formula is C14H6Cl3F5O. The molecule has 0 spiro atoms. The van der Waals surface area contributed by atoms with Gasteiger partial charge in [0.2, 0.25) is 0 Å². The molecule has 2 aromatic carbocycles. The molecule has 0 aliphatic heterocycles. The minimum absolute atomic E-state index is 0.0744. The molecule has 0 heterocycles. The Labute approximate surface area is 142 Å². The first-order chi connectivity index (χ1) is 10.6. The molecule has 0 bridgehead atoms. The van der Waals surface area contributed by atoms with Gasteiger partial charge in [-0.2, -0.15) is 22.0 Å². The van der Waals surface area contributed by atoms with Crippen LogP contribution >= 0.6 is 34.8 Å². The summed E-state index contributed by atoms with van der Waals surface area (Å²) in [7, 11) is 0. The van der Waals surface area contributed by atoms with Crippen LogP contribution < -0.4 is 4.74 Å². The van der Waals surface area contributed by atoms with E-state index in [-0.39, 0.29) is 20.6 Å². The zero-order chi connectivity index (χ0) is 17.4. The highest BCUT2D eigenvalue weighted by molar-refractivity contribution is 6.48. The van der Waals surface area contributed by atoms with Crippen LogP contribution in [0.1, 0.15) is 5.56 Å². The van der Waals surface area contributed by atoms with Crippen molar-refractivity contribution in [2.45, 2.75) is 12.8 Å². The summed E-state index contributed by atoms with van der Waals surface area (Å²) in [6.45, 7) is -3.40. The van der Waals surface area contributed by atoms with Crippen LogP contribution in [0.25, 0.3) is 11.1 Å². The van der Waals surface area contributed by atoms with E-state index in [2.05, 4.69) is 4.74 Å². The molecule has 0 aliphatic carbocycles. The maximum atomic E-state index is 12.8. The highest BCUT2D eigenvalue weighted by atomic mass is 35.5. The molecule has 0 fully saturated rings. The van der Waals surface area contributed by atoms with Gasteiger partial charge in [-0.3, -0.25) is 0 Å². The zero-order valence-corrected chi connectivity index (χ0v) is 13.2. The fraction of sp³-hybridized carbons (Fsp3) is 0.143. The van der Waals surface area contributed by atoms with E-state index in [0.717, 1.165) is 12.1 Å². The molecule has 9 heteroatoms. The van der Waals surface area contributed by atoms with Crippen LogP contribution in [0.3, 0.4) is 0 Å². The summed E-state index contributed by atoms with van der Waals surface area (Å²) in [5, 5.41) is 0.226. The van der Waals surface area contributed by atoms with Crippen molar-refractivity contribution in [2.24, 2.45) is 0 Å². The summed E-state index contributed by atoms with van der Waals surface area (Å²) in [6, 6.07) is 5.28. The zero-order valence-electron chi connectivity index (χ0n) is 10.9. The van der Waals surface area contributed by atoms with Crippen molar-refractivity contribution in [3.63, 3.8) is 0 Å². The van der Waals surface area contributed by atoms with Gasteiger partial charge in [-0.15, -0.1) is 0 Å². The van der Waals surface area contributed by atoms with Gasteiger partial charge in [0.1, 0.15) is 5.75 Å². The number of halogens is 8. The molecule has 0 amide bonds. The average molecular weight is 392 g/mol. The Balaban J connectivity index is 2.57. The smallest absolute Gasteiger partial charge is 0.419 e. The summed E-state index contributed by atoms with van der Waals surface area (Å²) in [5.41, 5.74) is -0.848. The van der Waals surface area contributed by atoms with Crippen molar-refractivity contribution >= 4 is 34.8 Å². The van der Waals surface area contributed by atoms with Crippen LogP contribution in [-0.2, 0) is 6.18 Å². The standard InChI is InChI=1S/C14H6Cl3F5O/c15-9-3-7(4-10(16)12(9)17)6-1-2-8(14(20,21)22)11(5-6)23-13(18)19/h1-5,13H. The van der Waals surface area contributed by atoms with Gasteiger partial charge < -0.3 is 4.74 Å². The average Bonchev–Trinajstić information content (AvgIpc) is 2.42. The first-order valence-corrected chi connectivity index (χ1v) is 7.04. The van der Waals surface area contributed by atoms with Crippen molar-refractivity contribution in [1.29, 1.82) is 0 Å². The van der Waals surface area contributed by atoms with E-state index in [0.29, 0.717) is 11.6 Å². The summed E-state index contributed by atoms with van der Waals surface area (Å²) >= 11 is 17.5. The van der Waals surface area contributed by atoms with E-state index in [9.17, 15) is 22.0 Å². The quantitative estimate of drug-likeness (QED) is 0.407. The molecule has 0 atom stereocenters. The fourth-order valence-corrected chi connectivity index (χ4v) is 2.45. The van der Waals surface area contributed by atoms with Gasteiger partial charge in [0.05, 0.1) is 20.6 Å². The Morgan fingerprint density at radius 1 is 0.870 bits per heavy atom. The maximum Gasteiger partial charge on any atom is 0.419 e. The Morgan fingerprint density at radius 2 is 1.43 bits per heavy atom. The predicted octanol–water partition coefficient (Wildman–Crippen LogP) is 6.93. The minimum Gasteiger partial charge on any atom is -0.434 e. The molecule has 2 rings (SSSR count). The molecule has 23 heavy (non-hydrogen) atoms. The first kappa shape index (κ1) is 18.1. The van der Waals surface area contributed by atoms with Gasteiger partial charge in [0.15, 0.2) is 0 Å². The van der Waals surface area contributed by atoms with Crippen molar-refractivity contribution in [1.82, 2.24) is 0 Å². The molecule has 2 aromatic rings. The third kappa shape index (κ3) is 4.19. The topological polar surface area (TPSA) is 9.23 Å². The van der Waals surface area contributed by atoms with Gasteiger partial charge in [0.25, 0.3) is 0 Å². The normalized spacial score (nSPS) is 11.9. The molecule has 0 aromatic heterocycles. The lowest BCUT2D eigenvalue weighted by Crippen LogP contribution is -2.11. The second kappa shape index (κ2) is 6.71. The van der Waals surface area contributed by atoms with Crippen molar-refractivity contribution in [3.05, 3.63) is 51.0 Å². The van der Waals surface area contributed by atoms with E-state index in [1.54, 1.807) is 0 Å². The fourth-order valence-electron chi connectivity index (χ4n) is 1.85. The van der Waals surface area contributed by atoms with E-state index in [1.165, 1.54) is 12.1 Å². The summed E-state index contributed by atoms with van der Waals surface area (Å²) < 4.78 is 67.2. The number of benzene rings is 2. The van der Waals surface area contributed by atoms with Crippen LogP contribution in [0, 0.1) is 0 Å². The van der Waals surface area contributed by atoms with Crippen molar-refractivity contribution in [2.75, 3.05) is 0 Å². The summed E-state index contributed by atoms with van der Waals surface area (Å²) in [4.78, 5) is 0. The monoisotopic (exact) mass is 390 g/mol. The van der Waals surface area contributed by atoms with E-state index in [4.69, 9.17) is 34.8 Å². The lowest BCUT2D eigenvalue weighted by atomic mass is 10.0. The lowest BCUT2D eigenvalue weighted by molar-refractivity contribution is -0.141. The third-order valence-electron chi connectivity index (χ3n) is 2.82. The molecule has 124 valence electrons. The Hall–Kier alpha value is -1.24. The molecule has 0 saturated carbocycles. The van der Waals surface area contributed by atoms with Gasteiger partial charge in [0, 0.05) is 0 Å². The Morgan fingerprint density at radius 3 is 1.91 bits per heavy atom. The highest BCUT2D eigenvalue weighted by Crippen LogP contribution is 2.41. The maximum absolute atomic E-state index is 12.8. The largest absolute Gasteiger partial charge is 0.434 e. The molecule has 1 nitrogen and oxygen atoms in total. The van der Waals surface area contributed by atoms with Crippen LogP contribution in [0.5, 0.6) is 5.75 Å². The van der Waals surface area contributed by atoms with Gasteiger partial charge >= 0.3 is 12.8 Å². The second-order valence-corrected chi connectivity index (χ2v) is 5.53. The van der Waals surface area contributed by atoms with Crippen LogP contribution in [0.4, 0.5) is 22.0 Å². The Bertz CT molecular complexity index is 708. The van der Waals surface area contributed by atoms with Crippen LogP contribution in [-0.4, -0.2) is 6.61 Å². The second-order valence-electron chi connectivity index (χ2n) is 4.34. The Kier molecular flexibility index (Phi) is 5.28. The van der Waals surface area contributed by atoms with Crippen LogP contribution in [0.15, 0.2) is 30.3 Å². The predicted molar refractivity (Wildman–Crippen MR) is 78.5 cm³/mol. The summed E-state index contributed by atoms with van der Waals surface area (Å²) in [6.07, 6.45) is -4.84. The molecule has 0 saturated heterocycles. The molecule has 0 aliphatic rings. The van der Waals surface area contributed by atoms with Gasteiger partial charge in [-0.1, -0.05) is 40.9 Å². The first-order valence-electron chi connectivity index (χ1n) is 5.90. The minimum atomic E-state index is -4.84. The van der Waals surface area contributed by atoms with Gasteiger partial charge in [-0.25, -0.2) is 0 Å². The highest BCUT2D eigenvalue weighted by Gasteiger charge is 2.35. The molecule has 0 unspecified atom stereocenters. The number of alkyl halides is 5. The number of hydrogen-bond donors (Lipinski definition) is 0. The van der Waals surface area contributed by atoms with Crippen molar-refractivity contribution in [3.8, 4) is 16.9 Å². The van der Waals surface area contributed by atoms with Crippen molar-refractivity contribution < 1.29 is 26.7 Å². The third-order valence-corrected chi connectivity index (χ3v) is 4.02. The summed E-state index contributed by atoms with van der Waals surface area (Å²) in [5.74, 6) is -0.993. The molecular weight excluding hydrogens is 386 g/mol.